The third kappa shape index (κ3) is 4.40. The number of fused-ring (bicyclic) bond motifs is 1. The van der Waals surface area contributed by atoms with Crippen LogP contribution in [0.15, 0.2) is 54.6 Å². The van der Waals surface area contributed by atoms with Crippen LogP contribution in [0.4, 0.5) is 4.39 Å². The van der Waals surface area contributed by atoms with Crippen molar-refractivity contribution in [3.63, 3.8) is 0 Å². The number of nitrogens with one attached hydrogen (secondary N) is 1. The minimum atomic E-state index is -1.25. The summed E-state index contributed by atoms with van der Waals surface area (Å²) in [6, 6.07) is 16.6. The highest BCUT2D eigenvalue weighted by atomic mass is 19.1. The Balaban J connectivity index is 1.37. The first-order valence-electron chi connectivity index (χ1n) is 12.9. The van der Waals surface area contributed by atoms with E-state index < -0.39 is 23.7 Å². The van der Waals surface area contributed by atoms with E-state index in [2.05, 4.69) is 31.3 Å². The number of carbonyl (C=O) groups excluding carboxylic acids is 3. The molecule has 7 heteroatoms. The molecule has 0 radical (unpaired) electrons. The number of rotatable bonds is 6. The molecule has 2 aliphatic heterocycles. The monoisotopic (exact) mass is 491 g/mol. The molecule has 1 N–H and O–H groups in total. The Morgan fingerprint density at radius 2 is 1.61 bits per heavy atom. The summed E-state index contributed by atoms with van der Waals surface area (Å²) in [6.07, 6.45) is -0.557. The summed E-state index contributed by atoms with van der Waals surface area (Å²) in [5.74, 6) is -0.0895. The van der Waals surface area contributed by atoms with Gasteiger partial charge in [-0.2, -0.15) is 0 Å². The molecule has 2 aromatic carbocycles. The first kappa shape index (κ1) is 24.5. The molecule has 190 valence electrons. The normalized spacial score (nSPS) is 27.6. The maximum Gasteiger partial charge on any atom is 0.243 e. The average molecular weight is 492 g/mol. The Kier molecular flexibility index (Phi) is 6.35. The number of hydrogen-bond acceptors (Lipinski definition) is 3. The van der Waals surface area contributed by atoms with Crippen LogP contribution in [0.1, 0.15) is 62.3 Å². The molecule has 3 aliphatic rings. The molecule has 0 bridgehead atoms. The van der Waals surface area contributed by atoms with Gasteiger partial charge in [-0.15, -0.1) is 0 Å². The molecule has 6 nitrogen and oxygen atoms in total. The Morgan fingerprint density at radius 1 is 0.972 bits per heavy atom. The zero-order valence-electron chi connectivity index (χ0n) is 21.1. The number of carbonyl (C=O) groups is 3. The number of benzene rings is 2. The molecule has 2 saturated heterocycles. The van der Waals surface area contributed by atoms with Crippen LogP contribution in [0.2, 0.25) is 0 Å². The quantitative estimate of drug-likeness (QED) is 0.668. The molecule has 1 aliphatic carbocycles. The third-order valence-electron chi connectivity index (χ3n) is 8.19. The highest BCUT2D eigenvalue weighted by Crippen LogP contribution is 2.59. The molecule has 5 atom stereocenters. The van der Waals surface area contributed by atoms with Gasteiger partial charge in [-0.1, -0.05) is 68.4 Å². The summed E-state index contributed by atoms with van der Waals surface area (Å²) < 4.78 is 14.6. The van der Waals surface area contributed by atoms with Crippen molar-refractivity contribution in [2.45, 2.75) is 57.8 Å². The Morgan fingerprint density at radius 3 is 2.22 bits per heavy atom. The molecule has 3 amide bonds. The van der Waals surface area contributed by atoms with Crippen LogP contribution < -0.4 is 5.32 Å². The van der Waals surface area contributed by atoms with Crippen molar-refractivity contribution < 1.29 is 18.8 Å². The highest BCUT2D eigenvalue weighted by molar-refractivity contribution is 5.94. The Bertz CT molecular complexity index is 1150. The fourth-order valence-corrected chi connectivity index (χ4v) is 5.91. The van der Waals surface area contributed by atoms with E-state index in [0.29, 0.717) is 25.4 Å². The van der Waals surface area contributed by atoms with E-state index in [-0.39, 0.29) is 36.6 Å². The van der Waals surface area contributed by atoms with Crippen LogP contribution in [-0.2, 0) is 14.4 Å². The number of likely N-dealkylation sites (tertiary alicyclic amines) is 2. The van der Waals surface area contributed by atoms with E-state index in [1.807, 2.05) is 42.5 Å². The lowest BCUT2D eigenvalue weighted by atomic mass is 9.95. The third-order valence-corrected chi connectivity index (χ3v) is 8.19. The zero-order valence-corrected chi connectivity index (χ0v) is 21.1. The van der Waals surface area contributed by atoms with Crippen LogP contribution in [0.3, 0.4) is 0 Å². The molecule has 5 unspecified atom stereocenters. The summed E-state index contributed by atoms with van der Waals surface area (Å²) in [5.41, 5.74) is 2.41. The molecule has 36 heavy (non-hydrogen) atoms. The van der Waals surface area contributed by atoms with E-state index in [9.17, 15) is 18.8 Å². The molecule has 5 rings (SSSR count). The number of alkyl halides is 1. The van der Waals surface area contributed by atoms with Gasteiger partial charge >= 0.3 is 0 Å². The van der Waals surface area contributed by atoms with Gasteiger partial charge < -0.3 is 15.1 Å². The smallest absolute Gasteiger partial charge is 0.243 e. The molecular formula is C29H34FN3O3. The molecule has 0 aromatic heterocycles. The van der Waals surface area contributed by atoms with Crippen molar-refractivity contribution in [3.05, 3.63) is 71.3 Å². The average Bonchev–Trinajstić information content (AvgIpc) is 3.21. The topological polar surface area (TPSA) is 69.7 Å². The fourth-order valence-electron chi connectivity index (χ4n) is 5.91. The van der Waals surface area contributed by atoms with Crippen LogP contribution in [0.25, 0.3) is 0 Å². The maximum absolute atomic E-state index is 14.6. The molecule has 0 spiro atoms. The van der Waals surface area contributed by atoms with Crippen LogP contribution >= 0.6 is 0 Å². The van der Waals surface area contributed by atoms with Gasteiger partial charge in [0.1, 0.15) is 12.2 Å². The first-order chi connectivity index (χ1) is 17.2. The van der Waals surface area contributed by atoms with Gasteiger partial charge in [-0.25, -0.2) is 4.39 Å². The largest absolute Gasteiger partial charge is 0.343 e. The highest BCUT2D eigenvalue weighted by Gasteiger charge is 2.67. The molecule has 2 heterocycles. The number of hydrogen-bond donors (Lipinski definition) is 1. The fraction of sp³-hybridized carbons (Fsp3) is 0.483. The molecular weight excluding hydrogens is 457 g/mol. The summed E-state index contributed by atoms with van der Waals surface area (Å²) in [5, 5.41) is 3.13. The summed E-state index contributed by atoms with van der Waals surface area (Å²) in [6.45, 7) is 6.62. The number of halogens is 1. The zero-order chi connectivity index (χ0) is 25.6. The second kappa shape index (κ2) is 9.34. The van der Waals surface area contributed by atoms with Crippen molar-refractivity contribution in [2.75, 3.05) is 19.6 Å². The maximum atomic E-state index is 14.6. The van der Waals surface area contributed by atoms with E-state index in [1.165, 1.54) is 17.4 Å². The van der Waals surface area contributed by atoms with Crippen molar-refractivity contribution in [1.29, 1.82) is 0 Å². The van der Waals surface area contributed by atoms with E-state index >= 15 is 0 Å². The van der Waals surface area contributed by atoms with Gasteiger partial charge in [0, 0.05) is 26.4 Å². The first-order valence-corrected chi connectivity index (χ1v) is 12.9. The van der Waals surface area contributed by atoms with Crippen LogP contribution in [0.5, 0.6) is 0 Å². The van der Waals surface area contributed by atoms with Gasteiger partial charge in [0.25, 0.3) is 0 Å². The summed E-state index contributed by atoms with van der Waals surface area (Å²) in [4.78, 5) is 42.2. The number of nitrogens with zero attached hydrogens (tertiary/aromatic N) is 2. The van der Waals surface area contributed by atoms with Crippen LogP contribution in [-0.4, -0.2) is 59.4 Å². The second-order valence-corrected chi connectivity index (χ2v) is 10.9. The molecule has 1 saturated carbocycles. The molecule has 2 aromatic rings. The SMILES string of the molecule is CC(=O)N1CC2CC2(C(=O)N2CC(F)CC2C(=O)NC(c2ccccc2)c2ccc(C(C)C)cc2)C1. The van der Waals surface area contributed by atoms with Gasteiger partial charge in [-0.3, -0.25) is 14.4 Å². The number of piperidine rings is 1. The summed E-state index contributed by atoms with van der Waals surface area (Å²) >= 11 is 0. The van der Waals surface area contributed by atoms with E-state index in [0.717, 1.165) is 11.1 Å². The Labute approximate surface area is 211 Å². The van der Waals surface area contributed by atoms with Crippen molar-refractivity contribution in [1.82, 2.24) is 15.1 Å². The minimum Gasteiger partial charge on any atom is -0.343 e. The van der Waals surface area contributed by atoms with E-state index in [4.69, 9.17) is 0 Å². The predicted molar refractivity (Wildman–Crippen MR) is 135 cm³/mol. The minimum absolute atomic E-state index is 0.0114. The molecule has 3 fully saturated rings. The Hall–Kier alpha value is -3.22. The predicted octanol–water partition coefficient (Wildman–Crippen LogP) is 3.82. The van der Waals surface area contributed by atoms with Gasteiger partial charge in [0.2, 0.25) is 17.7 Å². The van der Waals surface area contributed by atoms with Gasteiger partial charge in [0.15, 0.2) is 0 Å². The lowest BCUT2D eigenvalue weighted by Gasteiger charge is -2.30. The van der Waals surface area contributed by atoms with E-state index in [1.54, 1.807) is 4.90 Å². The van der Waals surface area contributed by atoms with Gasteiger partial charge in [0.05, 0.1) is 18.0 Å². The number of amides is 3. The lowest BCUT2D eigenvalue weighted by Crippen LogP contribution is -2.50. The second-order valence-electron chi connectivity index (χ2n) is 10.9. The van der Waals surface area contributed by atoms with Crippen LogP contribution in [0, 0.1) is 11.3 Å². The summed E-state index contributed by atoms with van der Waals surface area (Å²) in [7, 11) is 0. The lowest BCUT2D eigenvalue weighted by molar-refractivity contribution is -0.143. The van der Waals surface area contributed by atoms with Crippen molar-refractivity contribution in [3.8, 4) is 0 Å². The van der Waals surface area contributed by atoms with Crippen molar-refractivity contribution >= 4 is 17.7 Å². The standard InChI is InChI=1S/C29H34FN3O3/c1-18(2)20-9-11-22(12-10-20)26(21-7-5-4-6-8-21)31-27(35)25-13-24(30)16-33(25)28(36)29-14-23(29)15-32(17-29)19(3)34/h4-12,18,23-26H,13-17H2,1-3H3,(H,31,35). The van der Waals surface area contributed by atoms with Gasteiger partial charge in [-0.05, 0) is 34.9 Å². The van der Waals surface area contributed by atoms with Crippen molar-refractivity contribution in [2.24, 2.45) is 11.3 Å².